The van der Waals surface area contributed by atoms with Crippen LogP contribution in [0.3, 0.4) is 0 Å². The standard InChI is InChI=1S/C30H17Cl2F3O6/c1-38-26-22(32)14-13-21(31)24(26)29(37)40-19-11-12-20-23(15-19)41-28(30(33,34)35)27(25(20)36)39-18-9-7-17(8-10-18)16-5-3-2-4-6-16/h2-15H,1H3. The van der Waals surface area contributed by atoms with Gasteiger partial charge in [-0.3, -0.25) is 4.79 Å². The number of rotatable bonds is 6. The number of alkyl halides is 3. The van der Waals surface area contributed by atoms with Crippen LogP contribution >= 0.6 is 23.2 Å². The Bertz CT molecular complexity index is 1820. The van der Waals surface area contributed by atoms with Gasteiger partial charge in [-0.15, -0.1) is 0 Å². The largest absolute Gasteiger partial charge is 0.494 e. The van der Waals surface area contributed by atoms with Gasteiger partial charge in [0.25, 0.3) is 5.76 Å². The lowest BCUT2D eigenvalue weighted by Gasteiger charge is -2.14. The smallest absolute Gasteiger partial charge is 0.453 e. The highest BCUT2D eigenvalue weighted by Crippen LogP contribution is 2.39. The molecular weight excluding hydrogens is 584 g/mol. The third-order valence-corrected chi connectivity index (χ3v) is 6.55. The first-order chi connectivity index (χ1) is 19.6. The van der Waals surface area contributed by atoms with Crippen molar-refractivity contribution in [2.75, 3.05) is 7.11 Å². The number of benzene rings is 4. The van der Waals surface area contributed by atoms with Gasteiger partial charge < -0.3 is 18.6 Å². The molecule has 0 aliphatic carbocycles. The molecule has 1 aromatic heterocycles. The van der Waals surface area contributed by atoms with Crippen LogP contribution in [0.4, 0.5) is 13.2 Å². The monoisotopic (exact) mass is 600 g/mol. The van der Waals surface area contributed by atoms with Gasteiger partial charge in [0.15, 0.2) is 5.75 Å². The second kappa shape index (κ2) is 11.2. The zero-order chi connectivity index (χ0) is 29.3. The van der Waals surface area contributed by atoms with Gasteiger partial charge in [0.05, 0.1) is 22.5 Å². The zero-order valence-corrected chi connectivity index (χ0v) is 22.4. The molecule has 0 atom stereocenters. The van der Waals surface area contributed by atoms with Crippen molar-refractivity contribution in [3.05, 3.63) is 117 Å². The Kier molecular flexibility index (Phi) is 7.66. The summed E-state index contributed by atoms with van der Waals surface area (Å²) in [5.41, 5.74) is -0.0425. The summed E-state index contributed by atoms with van der Waals surface area (Å²) in [5, 5.41) is -0.168. The normalized spacial score (nSPS) is 11.4. The van der Waals surface area contributed by atoms with E-state index in [1.165, 1.54) is 37.4 Å². The van der Waals surface area contributed by atoms with Gasteiger partial charge >= 0.3 is 12.1 Å². The molecular formula is C30H17Cl2F3O6. The number of fused-ring (bicyclic) bond motifs is 1. The first-order valence-electron chi connectivity index (χ1n) is 11.8. The van der Waals surface area contributed by atoms with Crippen molar-refractivity contribution < 1.29 is 36.6 Å². The van der Waals surface area contributed by atoms with Crippen molar-refractivity contribution in [3.63, 3.8) is 0 Å². The van der Waals surface area contributed by atoms with Crippen LogP contribution < -0.4 is 19.6 Å². The minimum atomic E-state index is -5.08. The van der Waals surface area contributed by atoms with E-state index < -0.39 is 34.7 Å². The summed E-state index contributed by atoms with van der Waals surface area (Å²) in [7, 11) is 1.27. The fourth-order valence-electron chi connectivity index (χ4n) is 4.04. The number of esters is 1. The van der Waals surface area contributed by atoms with Crippen LogP contribution in [0.5, 0.6) is 23.0 Å². The zero-order valence-electron chi connectivity index (χ0n) is 20.9. The van der Waals surface area contributed by atoms with Crippen molar-refractivity contribution in [1.82, 2.24) is 0 Å². The lowest BCUT2D eigenvalue weighted by Crippen LogP contribution is -2.16. The number of ether oxygens (including phenoxy) is 3. The molecule has 0 saturated carbocycles. The van der Waals surface area contributed by atoms with Gasteiger partial charge in [-0.25, -0.2) is 4.79 Å². The Balaban J connectivity index is 1.50. The van der Waals surface area contributed by atoms with Crippen molar-refractivity contribution >= 4 is 40.1 Å². The van der Waals surface area contributed by atoms with E-state index >= 15 is 0 Å². The lowest BCUT2D eigenvalue weighted by molar-refractivity contribution is -0.154. The topological polar surface area (TPSA) is 75.0 Å². The van der Waals surface area contributed by atoms with E-state index in [9.17, 15) is 22.8 Å². The van der Waals surface area contributed by atoms with Crippen LogP contribution in [0.25, 0.3) is 22.1 Å². The van der Waals surface area contributed by atoms with E-state index in [1.54, 1.807) is 12.1 Å². The lowest BCUT2D eigenvalue weighted by atomic mass is 10.1. The van der Waals surface area contributed by atoms with Crippen LogP contribution in [-0.2, 0) is 6.18 Å². The van der Waals surface area contributed by atoms with Crippen molar-refractivity contribution in [1.29, 1.82) is 0 Å². The average Bonchev–Trinajstić information content (AvgIpc) is 2.95. The van der Waals surface area contributed by atoms with Crippen LogP contribution in [0, 0.1) is 0 Å². The molecule has 0 spiro atoms. The molecule has 208 valence electrons. The van der Waals surface area contributed by atoms with Crippen LogP contribution in [0.15, 0.2) is 94.1 Å². The molecule has 0 radical (unpaired) electrons. The summed E-state index contributed by atoms with van der Waals surface area (Å²) in [6, 6.07) is 21.7. The maximum Gasteiger partial charge on any atom is 0.453 e. The molecule has 0 saturated heterocycles. The summed E-state index contributed by atoms with van der Waals surface area (Å²) < 4.78 is 62.9. The first kappa shape index (κ1) is 28.1. The van der Waals surface area contributed by atoms with Crippen molar-refractivity contribution in [2.45, 2.75) is 6.18 Å². The maximum atomic E-state index is 14.0. The van der Waals surface area contributed by atoms with Crippen LogP contribution in [0.1, 0.15) is 16.1 Å². The van der Waals surface area contributed by atoms with Crippen molar-refractivity contribution in [2.24, 2.45) is 0 Å². The fourth-order valence-corrected chi connectivity index (χ4v) is 4.50. The Morgan fingerprint density at radius 1 is 0.805 bits per heavy atom. The predicted molar refractivity (Wildman–Crippen MR) is 147 cm³/mol. The highest BCUT2D eigenvalue weighted by atomic mass is 35.5. The SMILES string of the molecule is COc1c(Cl)ccc(Cl)c1C(=O)Oc1ccc2c(=O)c(Oc3ccc(-c4ccccc4)cc3)c(C(F)(F)F)oc2c1. The second-order valence-corrected chi connectivity index (χ2v) is 9.38. The minimum absolute atomic E-state index is 0.000251. The molecule has 5 rings (SSSR count). The third kappa shape index (κ3) is 5.73. The van der Waals surface area contributed by atoms with E-state index in [1.807, 2.05) is 30.3 Å². The molecule has 0 aliphatic heterocycles. The van der Waals surface area contributed by atoms with E-state index in [0.717, 1.165) is 23.3 Å². The maximum absolute atomic E-state index is 14.0. The summed E-state index contributed by atoms with van der Waals surface area (Å²) in [4.78, 5) is 26.0. The fraction of sp³-hybridized carbons (Fsp3) is 0.0667. The van der Waals surface area contributed by atoms with E-state index in [-0.39, 0.29) is 38.2 Å². The minimum Gasteiger partial charge on any atom is -0.494 e. The molecule has 6 nitrogen and oxygen atoms in total. The van der Waals surface area contributed by atoms with E-state index in [0.29, 0.717) is 0 Å². The van der Waals surface area contributed by atoms with Gasteiger partial charge in [0.2, 0.25) is 11.2 Å². The third-order valence-electron chi connectivity index (χ3n) is 5.94. The average molecular weight is 601 g/mol. The van der Waals surface area contributed by atoms with Gasteiger partial charge in [-0.2, -0.15) is 13.2 Å². The van der Waals surface area contributed by atoms with Crippen LogP contribution in [0.2, 0.25) is 10.0 Å². The van der Waals surface area contributed by atoms with E-state index in [4.69, 9.17) is 41.8 Å². The molecule has 0 bridgehead atoms. The quantitative estimate of drug-likeness (QED) is 0.143. The molecule has 0 N–H and O–H groups in total. The molecule has 0 aliphatic rings. The van der Waals surface area contributed by atoms with Gasteiger partial charge in [0, 0.05) is 6.07 Å². The number of halogens is 5. The molecule has 41 heavy (non-hydrogen) atoms. The van der Waals surface area contributed by atoms with E-state index in [2.05, 4.69) is 0 Å². The summed E-state index contributed by atoms with van der Waals surface area (Å²) in [5.74, 6) is -3.94. The number of carbonyl (C=O) groups is 1. The predicted octanol–water partition coefficient (Wildman–Crippen LogP) is 8.81. The number of carbonyl (C=O) groups excluding carboxylic acids is 1. The highest BCUT2D eigenvalue weighted by Gasteiger charge is 2.40. The number of hydrogen-bond acceptors (Lipinski definition) is 6. The molecule has 1 heterocycles. The highest BCUT2D eigenvalue weighted by molar-refractivity contribution is 6.37. The number of methoxy groups -OCH3 is 1. The molecule has 11 heteroatoms. The summed E-state index contributed by atoms with van der Waals surface area (Å²) in [6.07, 6.45) is -5.08. The summed E-state index contributed by atoms with van der Waals surface area (Å²) >= 11 is 12.2. The van der Waals surface area contributed by atoms with Gasteiger partial charge in [-0.1, -0.05) is 65.7 Å². The molecule has 0 fully saturated rings. The molecule has 5 aromatic rings. The Hall–Kier alpha value is -4.47. The second-order valence-electron chi connectivity index (χ2n) is 8.56. The van der Waals surface area contributed by atoms with Gasteiger partial charge in [0.1, 0.15) is 22.6 Å². The molecule has 0 unspecified atom stereocenters. The van der Waals surface area contributed by atoms with Crippen LogP contribution in [-0.4, -0.2) is 13.1 Å². The molecule has 0 amide bonds. The van der Waals surface area contributed by atoms with Gasteiger partial charge in [-0.05, 0) is 47.5 Å². The number of hydrogen-bond donors (Lipinski definition) is 0. The Morgan fingerprint density at radius 2 is 1.44 bits per heavy atom. The summed E-state index contributed by atoms with van der Waals surface area (Å²) in [6.45, 7) is 0. The Morgan fingerprint density at radius 3 is 2.10 bits per heavy atom. The molecule has 4 aromatic carbocycles. The van der Waals surface area contributed by atoms with Crippen molar-refractivity contribution in [3.8, 4) is 34.1 Å². The first-order valence-corrected chi connectivity index (χ1v) is 12.6. The Labute approximate surface area is 240 Å².